The van der Waals surface area contributed by atoms with Gasteiger partial charge in [-0.3, -0.25) is 4.79 Å². The van der Waals surface area contributed by atoms with Crippen molar-refractivity contribution < 1.29 is 15.0 Å². The Morgan fingerprint density at radius 2 is 2.00 bits per heavy atom. The second-order valence-electron chi connectivity index (χ2n) is 4.48. The first-order valence-corrected chi connectivity index (χ1v) is 4.85. The first-order chi connectivity index (χ1) is 6.83. The molecule has 3 heteroatoms. The first-order valence-electron chi connectivity index (χ1n) is 4.85. The molecular formula is C12H16O3. The number of carbonyl (C=O) groups is 1. The van der Waals surface area contributed by atoms with Gasteiger partial charge in [0.1, 0.15) is 5.75 Å². The second kappa shape index (κ2) is 3.93. The van der Waals surface area contributed by atoms with Crippen molar-refractivity contribution in [2.45, 2.75) is 32.6 Å². The molecule has 0 aliphatic heterocycles. The van der Waals surface area contributed by atoms with Gasteiger partial charge in [0.15, 0.2) is 0 Å². The van der Waals surface area contributed by atoms with Crippen LogP contribution in [-0.2, 0) is 10.2 Å². The van der Waals surface area contributed by atoms with Crippen LogP contribution in [-0.4, -0.2) is 16.2 Å². The van der Waals surface area contributed by atoms with Crippen LogP contribution >= 0.6 is 0 Å². The van der Waals surface area contributed by atoms with Crippen LogP contribution in [0.2, 0.25) is 0 Å². The molecule has 2 N–H and O–H groups in total. The maximum atomic E-state index is 10.7. The molecule has 0 aliphatic rings. The highest BCUT2D eigenvalue weighted by molar-refractivity contribution is 5.69. The Kier molecular flexibility index (Phi) is 3.03. The summed E-state index contributed by atoms with van der Waals surface area (Å²) in [6.45, 7) is 5.50. The number of hydrogen-bond acceptors (Lipinski definition) is 2. The lowest BCUT2D eigenvalue weighted by Gasteiger charge is -2.24. The van der Waals surface area contributed by atoms with E-state index >= 15 is 0 Å². The number of carboxylic acid groups (broad SMARTS) is 1. The van der Waals surface area contributed by atoms with Gasteiger partial charge in [-0.25, -0.2) is 0 Å². The summed E-state index contributed by atoms with van der Waals surface area (Å²) in [6.07, 6.45) is 0.00359. The highest BCUT2D eigenvalue weighted by Gasteiger charge is 2.26. The lowest BCUT2D eigenvalue weighted by atomic mass is 9.81. The van der Waals surface area contributed by atoms with E-state index in [4.69, 9.17) is 5.11 Å². The van der Waals surface area contributed by atoms with Crippen LogP contribution in [0.4, 0.5) is 0 Å². The molecule has 1 aromatic carbocycles. The fourth-order valence-corrected chi connectivity index (χ4v) is 1.69. The van der Waals surface area contributed by atoms with Gasteiger partial charge in [-0.1, -0.05) is 26.0 Å². The zero-order chi connectivity index (χ0) is 11.6. The molecule has 0 atom stereocenters. The summed E-state index contributed by atoms with van der Waals surface area (Å²) in [6, 6.07) is 5.31. The molecule has 0 spiro atoms. The van der Waals surface area contributed by atoms with E-state index in [-0.39, 0.29) is 12.2 Å². The van der Waals surface area contributed by atoms with E-state index in [2.05, 4.69) is 0 Å². The number of phenols is 1. The van der Waals surface area contributed by atoms with Crippen molar-refractivity contribution in [3.8, 4) is 5.75 Å². The van der Waals surface area contributed by atoms with E-state index in [1.165, 1.54) is 0 Å². The average Bonchev–Trinajstić information content (AvgIpc) is 1.99. The van der Waals surface area contributed by atoms with Crippen molar-refractivity contribution in [2.75, 3.05) is 0 Å². The molecule has 82 valence electrons. The quantitative estimate of drug-likeness (QED) is 0.802. The average molecular weight is 208 g/mol. The maximum Gasteiger partial charge on any atom is 0.304 e. The number of aliphatic carboxylic acids is 1. The van der Waals surface area contributed by atoms with E-state index in [1.54, 1.807) is 12.1 Å². The van der Waals surface area contributed by atoms with Gasteiger partial charge in [-0.05, 0) is 18.6 Å². The monoisotopic (exact) mass is 208 g/mol. The molecule has 0 unspecified atom stereocenters. The van der Waals surface area contributed by atoms with Crippen molar-refractivity contribution >= 4 is 5.97 Å². The molecule has 0 saturated heterocycles. The highest BCUT2D eigenvalue weighted by Crippen LogP contribution is 2.34. The zero-order valence-corrected chi connectivity index (χ0v) is 9.24. The van der Waals surface area contributed by atoms with Crippen LogP contribution < -0.4 is 0 Å². The Bertz CT molecular complexity index is 380. The molecule has 0 amide bonds. The molecule has 0 radical (unpaired) electrons. The fraction of sp³-hybridized carbons (Fsp3) is 0.417. The van der Waals surface area contributed by atoms with E-state index in [9.17, 15) is 9.90 Å². The minimum Gasteiger partial charge on any atom is -0.508 e. The fourth-order valence-electron chi connectivity index (χ4n) is 1.69. The van der Waals surface area contributed by atoms with Crippen LogP contribution in [0.25, 0.3) is 0 Å². The van der Waals surface area contributed by atoms with E-state index in [0.29, 0.717) is 5.56 Å². The molecule has 0 bridgehead atoms. The van der Waals surface area contributed by atoms with Crippen LogP contribution in [0.3, 0.4) is 0 Å². The summed E-state index contributed by atoms with van der Waals surface area (Å²) < 4.78 is 0. The number of phenolic OH excluding ortho intramolecular Hbond substituents is 1. The largest absolute Gasteiger partial charge is 0.508 e. The van der Waals surface area contributed by atoms with Gasteiger partial charge >= 0.3 is 5.97 Å². The smallest absolute Gasteiger partial charge is 0.304 e. The number of rotatable bonds is 3. The molecule has 1 rings (SSSR count). The van der Waals surface area contributed by atoms with Crippen molar-refractivity contribution in [3.63, 3.8) is 0 Å². The molecule has 3 nitrogen and oxygen atoms in total. The Balaban J connectivity index is 3.09. The number of benzene rings is 1. The zero-order valence-electron chi connectivity index (χ0n) is 9.24. The SMILES string of the molecule is Cc1ccc(C(C)(C)CC(=O)O)c(O)c1. The Morgan fingerprint density at radius 3 is 2.47 bits per heavy atom. The summed E-state index contributed by atoms with van der Waals surface area (Å²) >= 11 is 0. The summed E-state index contributed by atoms with van der Waals surface area (Å²) in [5.74, 6) is -0.693. The Hall–Kier alpha value is -1.51. The van der Waals surface area contributed by atoms with Crippen molar-refractivity contribution in [1.82, 2.24) is 0 Å². The normalized spacial score (nSPS) is 11.4. The number of aromatic hydroxyl groups is 1. The molecule has 15 heavy (non-hydrogen) atoms. The van der Waals surface area contributed by atoms with E-state index in [1.807, 2.05) is 26.8 Å². The van der Waals surface area contributed by atoms with Crippen LogP contribution in [0.15, 0.2) is 18.2 Å². The lowest BCUT2D eigenvalue weighted by molar-refractivity contribution is -0.138. The molecule has 0 aliphatic carbocycles. The van der Waals surface area contributed by atoms with Gasteiger partial charge < -0.3 is 10.2 Å². The van der Waals surface area contributed by atoms with Crippen molar-refractivity contribution in [3.05, 3.63) is 29.3 Å². The lowest BCUT2D eigenvalue weighted by Crippen LogP contribution is -2.21. The maximum absolute atomic E-state index is 10.7. The van der Waals surface area contributed by atoms with Crippen LogP contribution in [0.1, 0.15) is 31.4 Å². The molecular weight excluding hydrogens is 192 g/mol. The standard InChI is InChI=1S/C12H16O3/c1-8-4-5-9(10(13)6-8)12(2,3)7-11(14)15/h4-6,13H,7H2,1-3H3,(H,14,15). The third-order valence-electron chi connectivity index (χ3n) is 2.48. The summed E-state index contributed by atoms with van der Waals surface area (Å²) in [7, 11) is 0. The predicted octanol–water partition coefficient (Wildman–Crippen LogP) is 2.45. The van der Waals surface area contributed by atoms with Gasteiger partial charge in [0.2, 0.25) is 0 Å². The third kappa shape index (κ3) is 2.72. The summed E-state index contributed by atoms with van der Waals surface area (Å²) in [4.78, 5) is 10.7. The number of hydrogen-bond donors (Lipinski definition) is 2. The molecule has 0 fully saturated rings. The first kappa shape index (κ1) is 11.6. The second-order valence-corrected chi connectivity index (χ2v) is 4.48. The van der Waals surface area contributed by atoms with Gasteiger partial charge in [0.05, 0.1) is 6.42 Å². The van der Waals surface area contributed by atoms with Crippen molar-refractivity contribution in [2.24, 2.45) is 0 Å². The predicted molar refractivity (Wildman–Crippen MR) is 58.1 cm³/mol. The van der Waals surface area contributed by atoms with Gasteiger partial charge in [-0.15, -0.1) is 0 Å². The Morgan fingerprint density at radius 1 is 1.40 bits per heavy atom. The topological polar surface area (TPSA) is 57.5 Å². The van der Waals surface area contributed by atoms with Crippen LogP contribution in [0.5, 0.6) is 5.75 Å². The molecule has 0 heterocycles. The molecule has 0 saturated carbocycles. The number of aryl methyl sites for hydroxylation is 1. The highest BCUT2D eigenvalue weighted by atomic mass is 16.4. The minimum absolute atomic E-state index is 0.00359. The van der Waals surface area contributed by atoms with Gasteiger partial charge in [-0.2, -0.15) is 0 Å². The van der Waals surface area contributed by atoms with Gasteiger partial charge in [0.25, 0.3) is 0 Å². The van der Waals surface area contributed by atoms with Crippen molar-refractivity contribution in [1.29, 1.82) is 0 Å². The van der Waals surface area contributed by atoms with Gasteiger partial charge in [0, 0.05) is 11.0 Å². The summed E-state index contributed by atoms with van der Waals surface area (Å²) in [5, 5.41) is 18.5. The van der Waals surface area contributed by atoms with E-state index in [0.717, 1.165) is 5.56 Å². The van der Waals surface area contributed by atoms with E-state index < -0.39 is 11.4 Å². The summed E-state index contributed by atoms with van der Waals surface area (Å²) in [5.41, 5.74) is 1.08. The van der Waals surface area contributed by atoms with Crippen LogP contribution in [0, 0.1) is 6.92 Å². The number of carboxylic acids is 1. The molecule has 1 aromatic rings. The third-order valence-corrected chi connectivity index (χ3v) is 2.48. The molecule has 0 aromatic heterocycles. The Labute approximate surface area is 89.4 Å². The minimum atomic E-state index is -0.861.